The van der Waals surface area contributed by atoms with Gasteiger partial charge in [-0.1, -0.05) is 35.4 Å². The number of halogens is 1. The zero-order valence-electron chi connectivity index (χ0n) is 21.3. The number of ether oxygens (including phenoxy) is 3. The van der Waals surface area contributed by atoms with E-state index >= 15 is 0 Å². The third-order valence-corrected chi connectivity index (χ3v) is 6.14. The summed E-state index contributed by atoms with van der Waals surface area (Å²) in [6.07, 6.45) is 0. The predicted octanol–water partition coefficient (Wildman–Crippen LogP) is 7.11. The van der Waals surface area contributed by atoms with E-state index in [0.29, 0.717) is 22.3 Å². The Labute approximate surface area is 227 Å². The lowest BCUT2D eigenvalue weighted by Gasteiger charge is -2.15. The molecule has 0 aliphatic rings. The number of rotatable bonds is 8. The fourth-order valence-electron chi connectivity index (χ4n) is 3.88. The summed E-state index contributed by atoms with van der Waals surface area (Å²) in [6, 6.07) is 13.8. The second kappa shape index (κ2) is 11.2. The normalized spacial score (nSPS) is 11.0. The molecule has 0 bridgehead atoms. The number of methoxy groups -OCH3 is 3. The van der Waals surface area contributed by atoms with Crippen LogP contribution in [0.4, 0.5) is 22.7 Å². The van der Waals surface area contributed by atoms with Crippen molar-refractivity contribution in [2.24, 2.45) is 10.2 Å². The maximum atomic E-state index is 13.4. The van der Waals surface area contributed by atoms with Gasteiger partial charge in [0, 0.05) is 17.5 Å². The number of carbonyl (C=O) groups excluding carboxylic acids is 1. The molecule has 0 aliphatic carbocycles. The molecule has 0 fully saturated rings. The lowest BCUT2D eigenvalue weighted by atomic mass is 10.0. The number of hydrogen-bond donors (Lipinski definition) is 2. The van der Waals surface area contributed by atoms with Gasteiger partial charge in [-0.05, 0) is 30.5 Å². The average Bonchev–Trinajstić information content (AvgIpc) is 2.92. The number of hydrogen-bond acceptors (Lipinski definition) is 9. The van der Waals surface area contributed by atoms with Gasteiger partial charge in [0.25, 0.3) is 11.6 Å². The number of nitrogens with one attached hydrogen (secondary N) is 1. The van der Waals surface area contributed by atoms with E-state index in [1.54, 1.807) is 6.07 Å². The number of nitro benzene ring substituents is 1. The predicted molar refractivity (Wildman–Crippen MR) is 147 cm³/mol. The number of amides is 1. The highest BCUT2D eigenvalue weighted by Gasteiger charge is 2.21. The van der Waals surface area contributed by atoms with E-state index in [9.17, 15) is 20.0 Å². The molecule has 12 heteroatoms. The van der Waals surface area contributed by atoms with E-state index in [1.165, 1.54) is 57.7 Å². The van der Waals surface area contributed by atoms with E-state index in [-0.39, 0.29) is 39.1 Å². The van der Waals surface area contributed by atoms with Crippen LogP contribution < -0.4 is 19.5 Å². The van der Waals surface area contributed by atoms with Crippen LogP contribution in [-0.4, -0.2) is 37.3 Å². The topological polar surface area (TPSA) is 145 Å². The third-order valence-electron chi connectivity index (χ3n) is 5.84. The van der Waals surface area contributed by atoms with Crippen LogP contribution in [0.25, 0.3) is 10.8 Å². The van der Waals surface area contributed by atoms with Crippen molar-refractivity contribution in [1.29, 1.82) is 0 Å². The number of phenols is 1. The first-order valence-corrected chi connectivity index (χ1v) is 11.8. The summed E-state index contributed by atoms with van der Waals surface area (Å²) in [6.45, 7) is 1.89. The van der Waals surface area contributed by atoms with Gasteiger partial charge in [-0.25, -0.2) is 0 Å². The van der Waals surface area contributed by atoms with Crippen molar-refractivity contribution in [3.63, 3.8) is 0 Å². The smallest absolute Gasteiger partial charge is 0.273 e. The first-order chi connectivity index (χ1) is 18.7. The summed E-state index contributed by atoms with van der Waals surface area (Å²) in [5.41, 5.74) is 1.14. The van der Waals surface area contributed by atoms with Gasteiger partial charge in [-0.15, -0.1) is 10.2 Å². The lowest BCUT2D eigenvalue weighted by Crippen LogP contribution is -2.13. The molecule has 0 atom stereocenters. The fraction of sp³-hybridized carbons (Fsp3) is 0.148. The number of carbonyl (C=O) groups is 1. The molecule has 4 aromatic rings. The van der Waals surface area contributed by atoms with Crippen molar-refractivity contribution in [2.75, 3.05) is 26.6 Å². The van der Waals surface area contributed by atoms with Crippen LogP contribution in [0.3, 0.4) is 0 Å². The number of phenolic OH excluding ortho intramolecular Hbond substituents is 1. The number of aromatic hydroxyl groups is 1. The number of anilines is 1. The summed E-state index contributed by atoms with van der Waals surface area (Å²) in [4.78, 5) is 23.9. The Morgan fingerprint density at radius 1 is 0.949 bits per heavy atom. The Bertz CT molecular complexity index is 1640. The van der Waals surface area contributed by atoms with Crippen LogP contribution in [0.15, 0.2) is 64.8 Å². The molecule has 200 valence electrons. The van der Waals surface area contributed by atoms with Gasteiger partial charge in [0.1, 0.15) is 22.9 Å². The molecule has 0 radical (unpaired) electrons. The molecule has 0 spiro atoms. The van der Waals surface area contributed by atoms with Gasteiger partial charge in [-0.3, -0.25) is 14.9 Å². The van der Waals surface area contributed by atoms with E-state index in [4.69, 9.17) is 25.8 Å². The number of benzene rings is 4. The van der Waals surface area contributed by atoms with Crippen LogP contribution in [0, 0.1) is 17.0 Å². The van der Waals surface area contributed by atoms with Gasteiger partial charge in [-0.2, -0.15) is 0 Å². The van der Waals surface area contributed by atoms with Gasteiger partial charge < -0.3 is 24.6 Å². The number of azo groups is 1. The molecule has 0 aromatic heterocycles. The van der Waals surface area contributed by atoms with Gasteiger partial charge >= 0.3 is 0 Å². The van der Waals surface area contributed by atoms with Crippen LogP contribution in [0.2, 0.25) is 5.02 Å². The molecule has 2 N–H and O–H groups in total. The van der Waals surface area contributed by atoms with E-state index in [0.717, 1.165) is 5.56 Å². The second-order valence-electron chi connectivity index (χ2n) is 8.30. The van der Waals surface area contributed by atoms with Crippen LogP contribution in [0.5, 0.6) is 23.0 Å². The largest absolute Gasteiger partial charge is 0.505 e. The zero-order valence-corrected chi connectivity index (χ0v) is 22.1. The molecule has 4 rings (SSSR count). The molecule has 39 heavy (non-hydrogen) atoms. The summed E-state index contributed by atoms with van der Waals surface area (Å²) in [7, 11) is 4.23. The molecule has 4 aromatic carbocycles. The van der Waals surface area contributed by atoms with Crippen LogP contribution in [0.1, 0.15) is 15.9 Å². The summed E-state index contributed by atoms with van der Waals surface area (Å²) >= 11 is 6.23. The van der Waals surface area contributed by atoms with Crippen molar-refractivity contribution in [1.82, 2.24) is 0 Å². The van der Waals surface area contributed by atoms with Crippen LogP contribution >= 0.6 is 11.6 Å². The Kier molecular flexibility index (Phi) is 7.82. The third kappa shape index (κ3) is 5.53. The number of fused-ring (bicyclic) bond motifs is 1. The molecular weight excluding hydrogens is 528 g/mol. The number of nitro groups is 1. The second-order valence-corrected chi connectivity index (χ2v) is 8.71. The van der Waals surface area contributed by atoms with Gasteiger partial charge in [0.2, 0.25) is 0 Å². The fourth-order valence-corrected chi connectivity index (χ4v) is 4.13. The Balaban J connectivity index is 1.81. The van der Waals surface area contributed by atoms with E-state index in [1.807, 2.05) is 19.1 Å². The average molecular weight is 551 g/mol. The summed E-state index contributed by atoms with van der Waals surface area (Å²) in [5.74, 6) is -0.303. The first kappa shape index (κ1) is 27.1. The zero-order chi connectivity index (χ0) is 28.3. The first-order valence-electron chi connectivity index (χ1n) is 11.4. The molecule has 0 heterocycles. The maximum Gasteiger partial charge on any atom is 0.273 e. The van der Waals surface area contributed by atoms with Crippen molar-refractivity contribution in [3.05, 3.63) is 80.9 Å². The molecule has 0 aliphatic heterocycles. The highest BCUT2D eigenvalue weighted by Crippen LogP contribution is 2.42. The van der Waals surface area contributed by atoms with Crippen molar-refractivity contribution in [3.8, 4) is 23.0 Å². The van der Waals surface area contributed by atoms with E-state index < -0.39 is 16.6 Å². The molecule has 11 nitrogen and oxygen atoms in total. The van der Waals surface area contributed by atoms with Gasteiger partial charge in [0.05, 0.1) is 48.6 Å². The van der Waals surface area contributed by atoms with E-state index in [2.05, 4.69) is 15.5 Å². The number of non-ortho nitro benzene ring substituents is 1. The highest BCUT2D eigenvalue weighted by molar-refractivity contribution is 6.32. The molecule has 0 saturated heterocycles. The minimum absolute atomic E-state index is 0.0257. The molecule has 0 unspecified atom stereocenters. The number of nitrogens with zero attached hydrogens (tertiary/aromatic N) is 3. The quantitative estimate of drug-likeness (QED) is 0.135. The van der Waals surface area contributed by atoms with Gasteiger partial charge in [0.15, 0.2) is 11.5 Å². The Morgan fingerprint density at radius 3 is 2.33 bits per heavy atom. The summed E-state index contributed by atoms with van der Waals surface area (Å²) < 4.78 is 15.8. The molecular formula is C27H23ClN4O7. The van der Waals surface area contributed by atoms with Crippen molar-refractivity contribution >= 4 is 51.0 Å². The van der Waals surface area contributed by atoms with Crippen molar-refractivity contribution in [2.45, 2.75) is 6.92 Å². The SMILES string of the molecule is COc1cc(OC)c(NC(=O)c2cc3cc(C)ccc3c(N=Nc3ccc([N+](=O)[O-])cc3OC)c2O)cc1Cl. The number of aryl methyl sites for hydroxylation is 1. The summed E-state index contributed by atoms with van der Waals surface area (Å²) in [5, 5.41) is 34.8. The highest BCUT2D eigenvalue weighted by atomic mass is 35.5. The standard InChI is InChI=1S/C27H23ClN4O7/c1-14-5-7-17-15(9-14)10-18(27(34)29-21-12-19(28)22(37-2)13-24(21)39-4)26(33)25(17)31-30-20-8-6-16(32(35)36)11-23(20)38-3/h5-13,33H,1-4H3,(H,29,34). The minimum Gasteiger partial charge on any atom is -0.505 e. The minimum atomic E-state index is -0.653. The van der Waals surface area contributed by atoms with Crippen LogP contribution in [-0.2, 0) is 0 Å². The maximum absolute atomic E-state index is 13.4. The monoisotopic (exact) mass is 550 g/mol. The van der Waals surface area contributed by atoms with Crippen molar-refractivity contribution < 1.29 is 29.0 Å². The molecule has 0 saturated carbocycles. The Hall–Kier alpha value is -4.90. The lowest BCUT2D eigenvalue weighted by molar-refractivity contribution is -0.384. The Morgan fingerprint density at radius 2 is 1.67 bits per heavy atom. The molecule has 1 amide bonds.